The predicted molar refractivity (Wildman–Crippen MR) is 82.9 cm³/mol. The Labute approximate surface area is 133 Å². The Hall–Kier alpha value is -2.08. The Morgan fingerprint density at radius 1 is 1.50 bits per heavy atom. The van der Waals surface area contributed by atoms with Crippen molar-refractivity contribution >= 4 is 28.9 Å². The summed E-state index contributed by atoms with van der Waals surface area (Å²) in [4.78, 5) is 26.6. The third-order valence-corrected chi connectivity index (χ3v) is 4.18. The summed E-state index contributed by atoms with van der Waals surface area (Å²) in [6.45, 7) is 4.80. The van der Waals surface area contributed by atoms with Crippen LogP contribution in [0.3, 0.4) is 0 Å². The molecule has 2 aromatic heterocycles. The van der Waals surface area contributed by atoms with Crippen LogP contribution in [0.1, 0.15) is 24.2 Å². The lowest BCUT2D eigenvalue weighted by Gasteiger charge is -2.37. The standard InChI is InChI=1S/C15H17ClN4O2/c1-9(2)12-14(21)17-5-7-19(12)15(22)10-8-18-20-6-3-4-11(16)13(10)20/h3-4,6,8-9,12H,5,7H2,1-2H3,(H,17,21). The zero-order valence-electron chi connectivity index (χ0n) is 12.4. The number of piperazine rings is 1. The fourth-order valence-electron chi connectivity index (χ4n) is 2.89. The van der Waals surface area contributed by atoms with E-state index in [2.05, 4.69) is 10.4 Å². The molecule has 0 bridgehead atoms. The van der Waals surface area contributed by atoms with Crippen molar-refractivity contribution in [2.75, 3.05) is 13.1 Å². The molecular formula is C15H17ClN4O2. The van der Waals surface area contributed by atoms with Gasteiger partial charge >= 0.3 is 0 Å². The van der Waals surface area contributed by atoms with Crippen molar-refractivity contribution in [2.24, 2.45) is 5.92 Å². The van der Waals surface area contributed by atoms with Crippen LogP contribution in [0.15, 0.2) is 24.5 Å². The normalized spacial score (nSPS) is 18.8. The highest BCUT2D eigenvalue weighted by Crippen LogP contribution is 2.24. The molecular weight excluding hydrogens is 304 g/mol. The second-order valence-corrected chi connectivity index (χ2v) is 6.09. The lowest BCUT2D eigenvalue weighted by Crippen LogP contribution is -2.59. The molecule has 22 heavy (non-hydrogen) atoms. The van der Waals surface area contributed by atoms with Crippen LogP contribution in [0.25, 0.3) is 5.52 Å². The molecule has 0 aromatic carbocycles. The Bertz CT molecular complexity index is 740. The summed E-state index contributed by atoms with van der Waals surface area (Å²) in [7, 11) is 0. The van der Waals surface area contributed by atoms with Gasteiger partial charge in [0.1, 0.15) is 6.04 Å². The molecule has 1 aliphatic heterocycles. The van der Waals surface area contributed by atoms with Crippen LogP contribution >= 0.6 is 11.6 Å². The SMILES string of the molecule is CC(C)C1C(=O)NCCN1C(=O)c1cnn2cccc(Cl)c12. The van der Waals surface area contributed by atoms with Gasteiger partial charge in [-0.2, -0.15) is 5.10 Å². The first-order chi connectivity index (χ1) is 10.5. The van der Waals surface area contributed by atoms with E-state index < -0.39 is 6.04 Å². The average Bonchev–Trinajstić information content (AvgIpc) is 2.91. The maximum atomic E-state index is 12.9. The molecule has 1 atom stereocenters. The molecule has 1 N–H and O–H groups in total. The summed E-state index contributed by atoms with van der Waals surface area (Å²) in [6, 6.07) is 3.01. The summed E-state index contributed by atoms with van der Waals surface area (Å²) in [5.74, 6) is -0.296. The summed E-state index contributed by atoms with van der Waals surface area (Å²) < 4.78 is 1.57. The van der Waals surface area contributed by atoms with Crippen LogP contribution in [0.5, 0.6) is 0 Å². The number of aromatic nitrogens is 2. The van der Waals surface area contributed by atoms with E-state index in [-0.39, 0.29) is 17.7 Å². The van der Waals surface area contributed by atoms with Crippen LogP contribution in [0.4, 0.5) is 0 Å². The van der Waals surface area contributed by atoms with Crippen molar-refractivity contribution in [3.8, 4) is 0 Å². The fraction of sp³-hybridized carbons (Fsp3) is 0.400. The van der Waals surface area contributed by atoms with E-state index in [1.807, 2.05) is 13.8 Å². The number of halogens is 1. The number of carbonyl (C=O) groups excluding carboxylic acids is 2. The number of amides is 2. The number of nitrogens with one attached hydrogen (secondary N) is 1. The minimum Gasteiger partial charge on any atom is -0.353 e. The van der Waals surface area contributed by atoms with Gasteiger partial charge in [-0.15, -0.1) is 0 Å². The second kappa shape index (κ2) is 5.61. The molecule has 3 rings (SSSR count). The average molecular weight is 321 g/mol. The van der Waals surface area contributed by atoms with Gasteiger partial charge in [0.05, 0.1) is 22.3 Å². The maximum absolute atomic E-state index is 12.9. The molecule has 2 amide bonds. The maximum Gasteiger partial charge on any atom is 0.258 e. The monoisotopic (exact) mass is 320 g/mol. The second-order valence-electron chi connectivity index (χ2n) is 5.69. The minimum atomic E-state index is -0.473. The first-order valence-corrected chi connectivity index (χ1v) is 7.59. The van der Waals surface area contributed by atoms with E-state index >= 15 is 0 Å². The largest absolute Gasteiger partial charge is 0.353 e. The van der Waals surface area contributed by atoms with E-state index in [1.165, 1.54) is 6.20 Å². The third kappa shape index (κ3) is 2.33. The van der Waals surface area contributed by atoms with E-state index in [0.29, 0.717) is 29.2 Å². The first kappa shape index (κ1) is 14.8. The predicted octanol–water partition coefficient (Wildman–Crippen LogP) is 1.58. The number of fused-ring (bicyclic) bond motifs is 1. The van der Waals surface area contributed by atoms with Crippen molar-refractivity contribution in [3.05, 3.63) is 35.1 Å². The lowest BCUT2D eigenvalue weighted by molar-refractivity contribution is -0.129. The molecule has 3 heterocycles. The van der Waals surface area contributed by atoms with Gasteiger partial charge in [-0.05, 0) is 18.1 Å². The molecule has 1 unspecified atom stereocenters. The van der Waals surface area contributed by atoms with Crippen molar-refractivity contribution < 1.29 is 9.59 Å². The summed E-state index contributed by atoms with van der Waals surface area (Å²) in [5.41, 5.74) is 0.994. The summed E-state index contributed by atoms with van der Waals surface area (Å²) >= 11 is 6.20. The molecule has 6 nitrogen and oxygen atoms in total. The van der Waals surface area contributed by atoms with Gasteiger partial charge in [-0.25, -0.2) is 4.52 Å². The molecule has 1 fully saturated rings. The molecule has 1 aliphatic rings. The zero-order valence-corrected chi connectivity index (χ0v) is 13.2. The molecule has 2 aromatic rings. The smallest absolute Gasteiger partial charge is 0.258 e. The number of carbonyl (C=O) groups is 2. The molecule has 0 aliphatic carbocycles. The number of nitrogens with zero attached hydrogens (tertiary/aromatic N) is 3. The molecule has 0 radical (unpaired) electrons. The number of hydrogen-bond acceptors (Lipinski definition) is 3. The highest BCUT2D eigenvalue weighted by atomic mass is 35.5. The topological polar surface area (TPSA) is 66.7 Å². The van der Waals surface area contributed by atoms with E-state index in [1.54, 1.807) is 27.7 Å². The van der Waals surface area contributed by atoms with Crippen LogP contribution in [-0.2, 0) is 4.79 Å². The number of rotatable bonds is 2. The van der Waals surface area contributed by atoms with Gasteiger partial charge in [-0.1, -0.05) is 25.4 Å². The quantitative estimate of drug-likeness (QED) is 0.913. The lowest BCUT2D eigenvalue weighted by atomic mass is 9.99. The van der Waals surface area contributed by atoms with Crippen molar-refractivity contribution in [3.63, 3.8) is 0 Å². The van der Waals surface area contributed by atoms with Gasteiger partial charge < -0.3 is 10.2 Å². The number of hydrogen-bond donors (Lipinski definition) is 1. The molecule has 7 heteroatoms. The van der Waals surface area contributed by atoms with Gasteiger partial charge in [0.15, 0.2) is 0 Å². The van der Waals surface area contributed by atoms with E-state index in [4.69, 9.17) is 11.6 Å². The Morgan fingerprint density at radius 3 is 3.00 bits per heavy atom. The van der Waals surface area contributed by atoms with Crippen LogP contribution in [-0.4, -0.2) is 45.5 Å². The van der Waals surface area contributed by atoms with E-state index in [9.17, 15) is 9.59 Å². The third-order valence-electron chi connectivity index (χ3n) is 3.87. The summed E-state index contributed by atoms with van der Waals surface area (Å²) in [6.07, 6.45) is 3.24. The van der Waals surface area contributed by atoms with Crippen molar-refractivity contribution in [1.29, 1.82) is 0 Å². The molecule has 116 valence electrons. The van der Waals surface area contributed by atoms with Gasteiger partial charge in [0, 0.05) is 19.3 Å². The molecule has 0 spiro atoms. The van der Waals surface area contributed by atoms with Gasteiger partial charge in [0.2, 0.25) is 5.91 Å². The Morgan fingerprint density at radius 2 is 2.27 bits per heavy atom. The van der Waals surface area contributed by atoms with Crippen molar-refractivity contribution in [1.82, 2.24) is 19.8 Å². The van der Waals surface area contributed by atoms with Crippen LogP contribution in [0.2, 0.25) is 5.02 Å². The van der Waals surface area contributed by atoms with Crippen molar-refractivity contribution in [2.45, 2.75) is 19.9 Å². The highest BCUT2D eigenvalue weighted by molar-refractivity contribution is 6.34. The molecule has 1 saturated heterocycles. The Balaban J connectivity index is 2.03. The van der Waals surface area contributed by atoms with E-state index in [0.717, 1.165) is 0 Å². The number of pyridine rings is 1. The van der Waals surface area contributed by atoms with Crippen LogP contribution in [0, 0.1) is 5.92 Å². The zero-order chi connectivity index (χ0) is 15.9. The fourth-order valence-corrected chi connectivity index (χ4v) is 3.15. The Kier molecular flexibility index (Phi) is 3.78. The van der Waals surface area contributed by atoms with Gasteiger partial charge in [-0.3, -0.25) is 9.59 Å². The minimum absolute atomic E-state index is 0.0292. The van der Waals surface area contributed by atoms with Crippen LogP contribution < -0.4 is 5.32 Å². The summed E-state index contributed by atoms with van der Waals surface area (Å²) in [5, 5.41) is 7.44. The first-order valence-electron chi connectivity index (χ1n) is 7.21. The van der Waals surface area contributed by atoms with Gasteiger partial charge in [0.25, 0.3) is 5.91 Å². The molecule has 0 saturated carbocycles. The highest BCUT2D eigenvalue weighted by Gasteiger charge is 2.36.